The van der Waals surface area contributed by atoms with Gasteiger partial charge in [-0.2, -0.15) is 11.3 Å². The van der Waals surface area contributed by atoms with Crippen LogP contribution < -0.4 is 4.90 Å². The number of ether oxygens (including phenoxy) is 1. The van der Waals surface area contributed by atoms with Crippen molar-refractivity contribution in [2.45, 2.75) is 38.3 Å². The predicted octanol–water partition coefficient (Wildman–Crippen LogP) is 4.54. The van der Waals surface area contributed by atoms with Crippen molar-refractivity contribution < 1.29 is 14.3 Å². The maximum Gasteiger partial charge on any atom is 0.416 e. The molecule has 164 valence electrons. The van der Waals surface area contributed by atoms with Crippen molar-refractivity contribution in [2.24, 2.45) is 0 Å². The second-order valence-electron chi connectivity index (χ2n) is 8.32. The summed E-state index contributed by atoms with van der Waals surface area (Å²) in [5.74, 6) is -0.196. The minimum absolute atomic E-state index is 0.148. The molecule has 2 atom stereocenters. The zero-order valence-corrected chi connectivity index (χ0v) is 18.8. The van der Waals surface area contributed by atoms with Crippen molar-refractivity contribution in [1.82, 2.24) is 9.88 Å². The molecule has 2 aromatic heterocycles. The Balaban J connectivity index is 1.39. The maximum atomic E-state index is 13.5. The lowest BCUT2D eigenvalue weighted by Crippen LogP contribution is -2.42. The SMILES string of the molecule is Cc1ccc2c(n1)CCN2C(CC(=O)N1C(=O)OCC1Cc1ccccc1)c1ccsc1. The molecule has 2 aliphatic rings. The fraction of sp³-hybridized carbons (Fsp3) is 0.320. The van der Waals surface area contributed by atoms with Crippen LogP contribution in [-0.4, -0.2) is 41.1 Å². The van der Waals surface area contributed by atoms with E-state index in [1.807, 2.05) is 48.7 Å². The van der Waals surface area contributed by atoms with Crippen molar-refractivity contribution in [3.05, 3.63) is 81.8 Å². The number of pyridine rings is 1. The normalized spacial score (nSPS) is 18.5. The van der Waals surface area contributed by atoms with Crippen LogP contribution in [0.15, 0.2) is 59.3 Å². The van der Waals surface area contributed by atoms with Gasteiger partial charge in [0.25, 0.3) is 0 Å². The molecule has 4 heterocycles. The maximum absolute atomic E-state index is 13.5. The molecule has 2 amide bonds. The number of carbonyl (C=O) groups excluding carboxylic acids is 2. The smallest absolute Gasteiger partial charge is 0.416 e. The number of hydrogen-bond acceptors (Lipinski definition) is 6. The van der Waals surface area contributed by atoms with Crippen molar-refractivity contribution in [3.63, 3.8) is 0 Å². The Labute approximate surface area is 191 Å². The van der Waals surface area contributed by atoms with E-state index in [4.69, 9.17) is 4.74 Å². The van der Waals surface area contributed by atoms with E-state index >= 15 is 0 Å². The molecule has 0 bridgehead atoms. The molecule has 6 nitrogen and oxygen atoms in total. The van der Waals surface area contributed by atoms with Gasteiger partial charge in [-0.1, -0.05) is 30.3 Å². The van der Waals surface area contributed by atoms with E-state index in [2.05, 4.69) is 27.4 Å². The molecule has 0 saturated carbocycles. The quantitative estimate of drug-likeness (QED) is 0.555. The molecule has 0 aliphatic carbocycles. The fourth-order valence-electron chi connectivity index (χ4n) is 4.66. The summed E-state index contributed by atoms with van der Waals surface area (Å²) in [4.78, 5) is 34.2. The highest BCUT2D eigenvalue weighted by Crippen LogP contribution is 2.37. The summed E-state index contributed by atoms with van der Waals surface area (Å²) >= 11 is 1.61. The van der Waals surface area contributed by atoms with E-state index in [-0.39, 0.29) is 31.0 Å². The molecule has 2 aliphatic heterocycles. The first-order valence-corrected chi connectivity index (χ1v) is 11.8. The van der Waals surface area contributed by atoms with Gasteiger partial charge in [0.1, 0.15) is 6.61 Å². The van der Waals surface area contributed by atoms with Crippen molar-refractivity contribution in [3.8, 4) is 0 Å². The second kappa shape index (κ2) is 8.74. The summed E-state index contributed by atoms with van der Waals surface area (Å²) in [6.45, 7) is 3.03. The number of rotatable bonds is 6. The largest absolute Gasteiger partial charge is 0.447 e. The highest BCUT2D eigenvalue weighted by Gasteiger charge is 2.40. The molecule has 1 fully saturated rings. The Bertz CT molecular complexity index is 1120. The van der Waals surface area contributed by atoms with Crippen LogP contribution in [-0.2, 0) is 22.4 Å². The predicted molar refractivity (Wildman–Crippen MR) is 124 cm³/mol. The molecule has 2 unspecified atom stereocenters. The third kappa shape index (κ3) is 4.00. The first kappa shape index (κ1) is 20.7. The van der Waals surface area contributed by atoms with Gasteiger partial charge in [-0.25, -0.2) is 9.69 Å². The topological polar surface area (TPSA) is 62.7 Å². The number of cyclic esters (lactones) is 1. The summed E-state index contributed by atoms with van der Waals surface area (Å²) in [6, 6.07) is 15.6. The van der Waals surface area contributed by atoms with Gasteiger partial charge >= 0.3 is 6.09 Å². The number of anilines is 1. The van der Waals surface area contributed by atoms with Gasteiger partial charge in [0, 0.05) is 18.7 Å². The van der Waals surface area contributed by atoms with E-state index in [9.17, 15) is 9.59 Å². The molecule has 5 rings (SSSR count). The number of amides is 2. The number of benzene rings is 1. The number of hydrogen-bond donors (Lipinski definition) is 0. The minimum Gasteiger partial charge on any atom is -0.447 e. The number of thiophene rings is 1. The minimum atomic E-state index is -0.542. The molecule has 0 radical (unpaired) electrons. The monoisotopic (exact) mass is 447 g/mol. The number of aromatic nitrogens is 1. The summed E-state index contributed by atoms with van der Waals surface area (Å²) < 4.78 is 5.28. The van der Waals surface area contributed by atoms with Crippen molar-refractivity contribution in [1.29, 1.82) is 0 Å². The molecule has 3 aromatic rings. The summed E-state index contributed by atoms with van der Waals surface area (Å²) in [5, 5.41) is 4.11. The number of aryl methyl sites for hydroxylation is 1. The van der Waals surface area contributed by atoms with Crippen molar-refractivity contribution >= 4 is 29.0 Å². The van der Waals surface area contributed by atoms with E-state index in [1.165, 1.54) is 4.90 Å². The van der Waals surface area contributed by atoms with E-state index in [0.717, 1.165) is 41.2 Å². The third-order valence-electron chi connectivity index (χ3n) is 6.20. The van der Waals surface area contributed by atoms with Gasteiger partial charge in [0.2, 0.25) is 5.91 Å². The number of nitrogens with zero attached hydrogens (tertiary/aromatic N) is 3. The van der Waals surface area contributed by atoms with Crippen LogP contribution in [0.1, 0.15) is 35.0 Å². The van der Waals surface area contributed by atoms with Crippen LogP contribution in [0.4, 0.5) is 10.5 Å². The molecule has 7 heteroatoms. The van der Waals surface area contributed by atoms with Gasteiger partial charge in [-0.05, 0) is 53.4 Å². The lowest BCUT2D eigenvalue weighted by molar-refractivity contribution is -0.129. The molecule has 1 saturated heterocycles. The number of carbonyl (C=O) groups is 2. The van der Waals surface area contributed by atoms with Gasteiger partial charge in [-0.3, -0.25) is 9.78 Å². The Morgan fingerprint density at radius 2 is 2.06 bits per heavy atom. The highest BCUT2D eigenvalue weighted by molar-refractivity contribution is 7.08. The number of imide groups is 1. The first-order chi connectivity index (χ1) is 15.6. The van der Waals surface area contributed by atoms with E-state index < -0.39 is 6.09 Å². The Morgan fingerprint density at radius 1 is 1.22 bits per heavy atom. The molecule has 32 heavy (non-hydrogen) atoms. The van der Waals surface area contributed by atoms with E-state index in [0.29, 0.717) is 6.42 Å². The lowest BCUT2D eigenvalue weighted by Gasteiger charge is -2.31. The molecule has 1 aromatic carbocycles. The fourth-order valence-corrected chi connectivity index (χ4v) is 5.37. The van der Waals surface area contributed by atoms with Gasteiger partial charge in [0.15, 0.2) is 0 Å². The second-order valence-corrected chi connectivity index (χ2v) is 9.10. The average molecular weight is 448 g/mol. The van der Waals surface area contributed by atoms with Gasteiger partial charge in [-0.15, -0.1) is 0 Å². The van der Waals surface area contributed by atoms with Crippen LogP contribution in [0.3, 0.4) is 0 Å². The Morgan fingerprint density at radius 3 is 2.84 bits per heavy atom. The Kier molecular flexibility index (Phi) is 5.66. The van der Waals surface area contributed by atoms with Crippen LogP contribution in [0.2, 0.25) is 0 Å². The molecule has 0 spiro atoms. The highest BCUT2D eigenvalue weighted by atomic mass is 32.1. The third-order valence-corrected chi connectivity index (χ3v) is 6.91. The summed E-state index contributed by atoms with van der Waals surface area (Å²) in [6.07, 6.45) is 1.12. The van der Waals surface area contributed by atoms with E-state index in [1.54, 1.807) is 11.3 Å². The zero-order valence-electron chi connectivity index (χ0n) is 17.9. The van der Waals surface area contributed by atoms with Crippen LogP contribution >= 0.6 is 11.3 Å². The molecular weight excluding hydrogens is 422 g/mol. The van der Waals surface area contributed by atoms with Gasteiger partial charge in [0.05, 0.1) is 29.9 Å². The Hall–Kier alpha value is -3.19. The average Bonchev–Trinajstić information content (AvgIpc) is 3.53. The standard InChI is InChI=1S/C25H25N3O3S/c1-17-7-8-22-21(26-17)9-11-27(22)23(19-10-12-32-16-19)14-24(29)28-20(15-31-25(28)30)13-18-5-3-2-4-6-18/h2-8,10,12,16,20,23H,9,11,13-15H2,1H3. The number of fused-ring (bicyclic) bond motifs is 1. The zero-order chi connectivity index (χ0) is 22.1. The summed E-state index contributed by atoms with van der Waals surface area (Å²) in [5.41, 5.74) is 5.31. The lowest BCUT2D eigenvalue weighted by atomic mass is 10.0. The van der Waals surface area contributed by atoms with Crippen LogP contribution in [0, 0.1) is 6.92 Å². The van der Waals surface area contributed by atoms with Crippen LogP contribution in [0.25, 0.3) is 0 Å². The summed E-state index contributed by atoms with van der Waals surface area (Å²) in [7, 11) is 0. The van der Waals surface area contributed by atoms with Crippen molar-refractivity contribution in [2.75, 3.05) is 18.1 Å². The first-order valence-electron chi connectivity index (χ1n) is 10.9. The van der Waals surface area contributed by atoms with Crippen LogP contribution in [0.5, 0.6) is 0 Å². The molecular formula is C25H25N3O3S. The molecule has 0 N–H and O–H groups in total. The van der Waals surface area contributed by atoms with Gasteiger partial charge < -0.3 is 9.64 Å².